The third kappa shape index (κ3) is 2.91. The largest absolute Gasteiger partial charge is 0.355 e. The lowest BCUT2D eigenvalue weighted by molar-refractivity contribution is 0.0927. The molecule has 0 atom stereocenters. The van der Waals surface area contributed by atoms with Gasteiger partial charge in [-0.15, -0.1) is 22.7 Å². The predicted octanol–water partition coefficient (Wildman–Crippen LogP) is 2.55. The normalized spacial score (nSPS) is 15.9. The molecule has 1 aliphatic heterocycles. The van der Waals surface area contributed by atoms with Gasteiger partial charge in [-0.05, 0) is 24.3 Å². The minimum absolute atomic E-state index is 0.0765. The lowest BCUT2D eigenvalue weighted by Gasteiger charge is -2.33. The molecular weight excluding hydrogens is 330 g/mol. The van der Waals surface area contributed by atoms with E-state index in [1.807, 2.05) is 11.4 Å². The minimum Gasteiger partial charge on any atom is -0.355 e. The number of anilines is 1. The van der Waals surface area contributed by atoms with Gasteiger partial charge in [0, 0.05) is 24.5 Å². The summed E-state index contributed by atoms with van der Waals surface area (Å²) in [5, 5.41) is 6.90. The standard InChI is InChI=1S/C15H15N5OS2/c21-15(12-7-22-9-18-12)19-10-1-4-20(5-2-10)14-13-11(3-6-23-13)16-8-17-14/h3,6-10H,1-2,4-5H2,(H,19,21). The number of nitrogens with zero attached hydrogens (tertiary/aromatic N) is 4. The summed E-state index contributed by atoms with van der Waals surface area (Å²) in [6.45, 7) is 1.76. The van der Waals surface area contributed by atoms with Crippen molar-refractivity contribution in [3.05, 3.63) is 34.4 Å². The van der Waals surface area contributed by atoms with E-state index in [2.05, 4.69) is 25.2 Å². The Labute approximate surface area is 141 Å². The van der Waals surface area contributed by atoms with Crippen LogP contribution in [0.4, 0.5) is 5.82 Å². The zero-order chi connectivity index (χ0) is 15.6. The molecule has 1 fully saturated rings. The van der Waals surface area contributed by atoms with Crippen molar-refractivity contribution >= 4 is 44.6 Å². The second-order valence-electron chi connectivity index (χ2n) is 5.44. The average molecular weight is 345 g/mol. The fourth-order valence-electron chi connectivity index (χ4n) is 2.82. The lowest BCUT2D eigenvalue weighted by atomic mass is 10.0. The van der Waals surface area contributed by atoms with Gasteiger partial charge < -0.3 is 10.2 Å². The number of carbonyl (C=O) groups is 1. The second kappa shape index (κ2) is 6.21. The molecule has 0 radical (unpaired) electrons. The molecule has 0 bridgehead atoms. The molecule has 1 N–H and O–H groups in total. The van der Waals surface area contributed by atoms with Crippen LogP contribution in [0.2, 0.25) is 0 Å². The highest BCUT2D eigenvalue weighted by atomic mass is 32.1. The fourth-order valence-corrected chi connectivity index (χ4v) is 4.21. The van der Waals surface area contributed by atoms with E-state index >= 15 is 0 Å². The van der Waals surface area contributed by atoms with Crippen LogP contribution in [0.15, 0.2) is 28.7 Å². The third-order valence-corrected chi connectivity index (χ3v) is 5.51. The smallest absolute Gasteiger partial charge is 0.270 e. The highest BCUT2D eigenvalue weighted by Gasteiger charge is 2.23. The third-order valence-electron chi connectivity index (χ3n) is 4.02. The van der Waals surface area contributed by atoms with Gasteiger partial charge in [-0.2, -0.15) is 0 Å². The Morgan fingerprint density at radius 1 is 1.26 bits per heavy atom. The summed E-state index contributed by atoms with van der Waals surface area (Å²) < 4.78 is 1.14. The fraction of sp³-hybridized carbons (Fsp3) is 0.333. The van der Waals surface area contributed by atoms with Crippen molar-refractivity contribution in [2.24, 2.45) is 0 Å². The van der Waals surface area contributed by atoms with Gasteiger partial charge in [0.2, 0.25) is 0 Å². The maximum absolute atomic E-state index is 12.1. The Kier molecular flexibility index (Phi) is 3.92. The molecule has 3 aromatic rings. The molecule has 0 saturated carbocycles. The van der Waals surface area contributed by atoms with Gasteiger partial charge in [-0.3, -0.25) is 4.79 Å². The van der Waals surface area contributed by atoms with Gasteiger partial charge in [0.15, 0.2) is 0 Å². The zero-order valence-corrected chi connectivity index (χ0v) is 13.9. The van der Waals surface area contributed by atoms with E-state index in [1.165, 1.54) is 11.3 Å². The summed E-state index contributed by atoms with van der Waals surface area (Å²) in [5.74, 6) is 0.932. The van der Waals surface area contributed by atoms with E-state index in [9.17, 15) is 4.79 Å². The first-order valence-corrected chi connectivity index (χ1v) is 9.26. The highest BCUT2D eigenvalue weighted by molar-refractivity contribution is 7.17. The van der Waals surface area contributed by atoms with Crippen molar-refractivity contribution in [1.82, 2.24) is 20.3 Å². The number of fused-ring (bicyclic) bond motifs is 1. The molecule has 23 heavy (non-hydrogen) atoms. The first-order chi connectivity index (χ1) is 11.3. The number of nitrogens with one attached hydrogen (secondary N) is 1. The Morgan fingerprint density at radius 2 is 2.13 bits per heavy atom. The van der Waals surface area contributed by atoms with Crippen LogP contribution in [0.25, 0.3) is 10.2 Å². The number of thiophene rings is 1. The minimum atomic E-state index is -0.0765. The number of carbonyl (C=O) groups excluding carboxylic acids is 1. The summed E-state index contributed by atoms with van der Waals surface area (Å²) in [6.07, 6.45) is 3.44. The SMILES string of the molecule is O=C(NC1CCN(c2ncnc3ccsc23)CC1)c1cscn1. The van der Waals surface area contributed by atoms with Crippen molar-refractivity contribution in [3.63, 3.8) is 0 Å². The van der Waals surface area contributed by atoms with E-state index in [-0.39, 0.29) is 11.9 Å². The monoisotopic (exact) mass is 345 g/mol. The molecule has 0 unspecified atom stereocenters. The van der Waals surface area contributed by atoms with Crippen LogP contribution < -0.4 is 10.2 Å². The summed E-state index contributed by atoms with van der Waals surface area (Å²) in [6, 6.07) is 2.22. The zero-order valence-electron chi connectivity index (χ0n) is 12.3. The van der Waals surface area contributed by atoms with Crippen LogP contribution in [-0.2, 0) is 0 Å². The van der Waals surface area contributed by atoms with Gasteiger partial charge >= 0.3 is 0 Å². The van der Waals surface area contributed by atoms with E-state index < -0.39 is 0 Å². The quantitative estimate of drug-likeness (QED) is 0.790. The summed E-state index contributed by atoms with van der Waals surface area (Å²) >= 11 is 3.11. The molecule has 0 aromatic carbocycles. The molecule has 0 spiro atoms. The van der Waals surface area contributed by atoms with Crippen LogP contribution in [0.5, 0.6) is 0 Å². The first-order valence-electron chi connectivity index (χ1n) is 7.43. The van der Waals surface area contributed by atoms with Crippen LogP contribution in [0.3, 0.4) is 0 Å². The van der Waals surface area contributed by atoms with Crippen molar-refractivity contribution in [3.8, 4) is 0 Å². The molecule has 8 heteroatoms. The summed E-state index contributed by atoms with van der Waals surface area (Å²) in [4.78, 5) is 27.2. The number of hydrogen-bond donors (Lipinski definition) is 1. The van der Waals surface area contributed by atoms with Crippen molar-refractivity contribution in [1.29, 1.82) is 0 Å². The molecule has 6 nitrogen and oxygen atoms in total. The molecular formula is C15H15N5OS2. The Balaban J connectivity index is 1.41. The Hall–Kier alpha value is -2.06. The molecule has 0 aliphatic carbocycles. The molecule has 1 amide bonds. The van der Waals surface area contributed by atoms with Crippen LogP contribution >= 0.6 is 22.7 Å². The topological polar surface area (TPSA) is 71.0 Å². The summed E-state index contributed by atoms with van der Waals surface area (Å²) in [5.41, 5.74) is 3.19. The number of amides is 1. The summed E-state index contributed by atoms with van der Waals surface area (Å²) in [7, 11) is 0. The second-order valence-corrected chi connectivity index (χ2v) is 7.08. The molecule has 4 rings (SSSR count). The van der Waals surface area contributed by atoms with Crippen LogP contribution in [0.1, 0.15) is 23.3 Å². The molecule has 1 saturated heterocycles. The van der Waals surface area contributed by atoms with Gasteiger partial charge in [0.05, 0.1) is 15.7 Å². The average Bonchev–Trinajstić information content (AvgIpc) is 3.26. The Morgan fingerprint density at radius 3 is 2.91 bits per heavy atom. The van der Waals surface area contributed by atoms with Crippen LogP contribution in [0, 0.1) is 0 Å². The van der Waals surface area contributed by atoms with E-state index in [0.29, 0.717) is 5.69 Å². The number of hydrogen-bond acceptors (Lipinski definition) is 7. The maximum atomic E-state index is 12.1. The molecule has 4 heterocycles. The predicted molar refractivity (Wildman–Crippen MR) is 92.2 cm³/mol. The van der Waals surface area contributed by atoms with Gasteiger partial charge in [0.1, 0.15) is 17.8 Å². The first kappa shape index (κ1) is 14.5. The van der Waals surface area contributed by atoms with Crippen molar-refractivity contribution in [2.45, 2.75) is 18.9 Å². The van der Waals surface area contributed by atoms with Crippen molar-refractivity contribution in [2.75, 3.05) is 18.0 Å². The molecule has 3 aromatic heterocycles. The van der Waals surface area contributed by atoms with E-state index in [0.717, 1.165) is 42.0 Å². The maximum Gasteiger partial charge on any atom is 0.270 e. The number of piperidine rings is 1. The number of thiazole rings is 1. The lowest BCUT2D eigenvalue weighted by Crippen LogP contribution is -2.45. The molecule has 1 aliphatic rings. The number of rotatable bonds is 3. The highest BCUT2D eigenvalue weighted by Crippen LogP contribution is 2.29. The van der Waals surface area contributed by atoms with Crippen molar-refractivity contribution < 1.29 is 4.79 Å². The molecule has 118 valence electrons. The van der Waals surface area contributed by atoms with Gasteiger partial charge in [-0.25, -0.2) is 15.0 Å². The van der Waals surface area contributed by atoms with Gasteiger partial charge in [-0.1, -0.05) is 0 Å². The van der Waals surface area contributed by atoms with Crippen LogP contribution in [-0.4, -0.2) is 40.0 Å². The van der Waals surface area contributed by atoms with E-state index in [4.69, 9.17) is 0 Å². The number of aromatic nitrogens is 3. The Bertz CT molecular complexity index is 808. The van der Waals surface area contributed by atoms with E-state index in [1.54, 1.807) is 28.6 Å². The van der Waals surface area contributed by atoms with Gasteiger partial charge in [0.25, 0.3) is 5.91 Å².